The zero-order chi connectivity index (χ0) is 16.9. The Labute approximate surface area is 141 Å². The Bertz CT molecular complexity index is 683. The molecule has 5 nitrogen and oxygen atoms in total. The normalized spacial score (nSPS) is 16.2. The molecule has 1 aliphatic carbocycles. The molecule has 24 heavy (non-hydrogen) atoms. The van der Waals surface area contributed by atoms with Crippen molar-refractivity contribution < 1.29 is 14.0 Å². The van der Waals surface area contributed by atoms with Crippen LogP contribution in [-0.2, 0) is 9.59 Å². The number of carbonyl (C=O) groups is 2. The van der Waals surface area contributed by atoms with Crippen LogP contribution in [0.5, 0.6) is 0 Å². The minimum Gasteiger partial charge on any atom is -0.460 e. The fourth-order valence-corrected chi connectivity index (χ4v) is 3.17. The summed E-state index contributed by atoms with van der Waals surface area (Å²) in [5, 5.41) is 6.83. The number of amides is 2. The lowest BCUT2D eigenvalue weighted by Crippen LogP contribution is -2.36. The highest BCUT2D eigenvalue weighted by atomic mass is 16.3. The molecule has 1 atom stereocenters. The molecule has 2 aromatic rings. The van der Waals surface area contributed by atoms with E-state index in [-0.39, 0.29) is 17.7 Å². The van der Waals surface area contributed by atoms with Crippen molar-refractivity contribution in [1.29, 1.82) is 0 Å². The number of hydrogen-bond acceptors (Lipinski definition) is 3. The maximum atomic E-state index is 12.2. The summed E-state index contributed by atoms with van der Waals surface area (Å²) >= 11 is 0. The van der Waals surface area contributed by atoms with E-state index in [0.29, 0.717) is 24.8 Å². The zero-order valence-electron chi connectivity index (χ0n) is 14.0. The molecule has 1 aromatic carbocycles. The van der Waals surface area contributed by atoms with E-state index in [1.807, 2.05) is 37.3 Å². The van der Waals surface area contributed by atoms with Crippen LogP contribution in [0.1, 0.15) is 50.7 Å². The van der Waals surface area contributed by atoms with Gasteiger partial charge in [0.15, 0.2) is 0 Å². The lowest BCUT2D eigenvalue weighted by Gasteiger charge is -2.13. The van der Waals surface area contributed by atoms with Crippen LogP contribution in [0.3, 0.4) is 0 Å². The summed E-state index contributed by atoms with van der Waals surface area (Å²) < 4.78 is 5.73. The minimum atomic E-state index is -0.379. The summed E-state index contributed by atoms with van der Waals surface area (Å²) in [7, 11) is 0. The molecule has 0 bridgehead atoms. The Balaban J connectivity index is 1.46. The molecule has 1 aromatic heterocycles. The number of para-hydroxylation sites is 1. The predicted octanol–water partition coefficient (Wildman–Crippen LogP) is 3.10. The van der Waals surface area contributed by atoms with Crippen LogP contribution in [0.15, 0.2) is 34.7 Å². The monoisotopic (exact) mass is 328 g/mol. The van der Waals surface area contributed by atoms with Gasteiger partial charge in [0.1, 0.15) is 11.3 Å². The van der Waals surface area contributed by atoms with Crippen molar-refractivity contribution >= 4 is 22.8 Å². The van der Waals surface area contributed by atoms with Gasteiger partial charge in [-0.05, 0) is 31.9 Å². The third-order valence-corrected chi connectivity index (χ3v) is 4.64. The highest BCUT2D eigenvalue weighted by molar-refractivity contribution is 5.86. The van der Waals surface area contributed by atoms with E-state index in [4.69, 9.17) is 4.42 Å². The van der Waals surface area contributed by atoms with Crippen LogP contribution in [0, 0.1) is 0 Å². The van der Waals surface area contributed by atoms with Crippen molar-refractivity contribution in [2.24, 2.45) is 0 Å². The molecule has 2 N–H and O–H groups in total. The molecule has 0 aliphatic heterocycles. The van der Waals surface area contributed by atoms with Crippen molar-refractivity contribution in [2.75, 3.05) is 6.54 Å². The van der Waals surface area contributed by atoms with Gasteiger partial charge in [-0.1, -0.05) is 31.0 Å². The van der Waals surface area contributed by atoms with Gasteiger partial charge in [0.2, 0.25) is 11.8 Å². The largest absolute Gasteiger partial charge is 0.460 e. The van der Waals surface area contributed by atoms with Gasteiger partial charge in [0.25, 0.3) is 0 Å². The third-order valence-electron chi connectivity index (χ3n) is 4.64. The van der Waals surface area contributed by atoms with E-state index < -0.39 is 0 Å². The summed E-state index contributed by atoms with van der Waals surface area (Å²) in [6.45, 7) is 2.16. The lowest BCUT2D eigenvalue weighted by atomic mass is 10.1. The Morgan fingerprint density at radius 3 is 2.75 bits per heavy atom. The molecule has 1 aliphatic rings. The molecule has 2 amide bonds. The van der Waals surface area contributed by atoms with Crippen LogP contribution >= 0.6 is 0 Å². The fraction of sp³-hybridized carbons (Fsp3) is 0.474. The highest BCUT2D eigenvalue weighted by Gasteiger charge is 2.20. The van der Waals surface area contributed by atoms with Gasteiger partial charge in [0, 0.05) is 24.4 Å². The second kappa shape index (κ2) is 7.51. The summed E-state index contributed by atoms with van der Waals surface area (Å²) in [4.78, 5) is 24.1. The van der Waals surface area contributed by atoms with Gasteiger partial charge >= 0.3 is 0 Å². The summed E-state index contributed by atoms with van der Waals surface area (Å²) in [5.41, 5.74) is 0.781. The number of benzene rings is 1. The van der Waals surface area contributed by atoms with E-state index in [9.17, 15) is 9.59 Å². The number of nitrogens with one attached hydrogen (secondary N) is 2. The van der Waals surface area contributed by atoms with E-state index in [0.717, 1.165) is 23.8 Å². The average molecular weight is 328 g/mol. The average Bonchev–Trinajstić information content (AvgIpc) is 3.22. The Hall–Kier alpha value is -2.30. The molecule has 0 spiro atoms. The quantitative estimate of drug-likeness (QED) is 0.856. The first-order valence-electron chi connectivity index (χ1n) is 8.69. The Morgan fingerprint density at radius 1 is 1.25 bits per heavy atom. The van der Waals surface area contributed by atoms with Crippen LogP contribution in [-0.4, -0.2) is 24.4 Å². The second-order valence-corrected chi connectivity index (χ2v) is 6.50. The predicted molar refractivity (Wildman–Crippen MR) is 92.7 cm³/mol. The number of carbonyl (C=O) groups excluding carboxylic acids is 2. The molecular weight excluding hydrogens is 304 g/mol. The molecule has 128 valence electrons. The van der Waals surface area contributed by atoms with Crippen LogP contribution in [0.25, 0.3) is 11.0 Å². The van der Waals surface area contributed by atoms with Gasteiger partial charge < -0.3 is 15.1 Å². The first-order chi connectivity index (χ1) is 11.6. The smallest absolute Gasteiger partial charge is 0.230 e. The van der Waals surface area contributed by atoms with Crippen molar-refractivity contribution in [3.63, 3.8) is 0 Å². The molecule has 0 saturated heterocycles. The molecule has 3 rings (SSSR count). The maximum Gasteiger partial charge on any atom is 0.230 e. The van der Waals surface area contributed by atoms with Gasteiger partial charge in [-0.2, -0.15) is 0 Å². The standard InChI is InChI=1S/C19H24N2O3/c1-13(17-12-14-6-2-5-9-16(14)24-17)19(23)20-11-10-18(22)21-15-7-3-4-8-15/h2,5-6,9,12-13,15H,3-4,7-8,10-11H2,1H3,(H,20,23)(H,21,22)/t13-/m0/s1. The van der Waals surface area contributed by atoms with Crippen molar-refractivity contribution in [2.45, 2.75) is 51.0 Å². The summed E-state index contributed by atoms with van der Waals surface area (Å²) in [5.74, 6) is 0.153. The minimum absolute atomic E-state index is 0.0126. The lowest BCUT2D eigenvalue weighted by molar-refractivity contribution is -0.123. The molecule has 1 saturated carbocycles. The number of furan rings is 1. The van der Waals surface area contributed by atoms with E-state index in [1.165, 1.54) is 12.8 Å². The van der Waals surface area contributed by atoms with E-state index >= 15 is 0 Å². The first-order valence-corrected chi connectivity index (χ1v) is 8.69. The van der Waals surface area contributed by atoms with E-state index in [1.54, 1.807) is 0 Å². The van der Waals surface area contributed by atoms with Crippen molar-refractivity contribution in [3.05, 3.63) is 36.1 Å². The molecule has 5 heteroatoms. The Kier molecular flexibility index (Phi) is 5.18. The summed E-state index contributed by atoms with van der Waals surface area (Å²) in [6.07, 6.45) is 4.84. The summed E-state index contributed by atoms with van der Waals surface area (Å²) in [6, 6.07) is 9.91. The molecule has 1 fully saturated rings. The molecular formula is C19H24N2O3. The van der Waals surface area contributed by atoms with Crippen LogP contribution < -0.4 is 10.6 Å². The van der Waals surface area contributed by atoms with Crippen molar-refractivity contribution in [3.8, 4) is 0 Å². The molecule has 0 unspecified atom stereocenters. The van der Waals surface area contributed by atoms with E-state index in [2.05, 4.69) is 10.6 Å². The van der Waals surface area contributed by atoms with Crippen LogP contribution in [0.4, 0.5) is 0 Å². The van der Waals surface area contributed by atoms with Crippen molar-refractivity contribution in [1.82, 2.24) is 10.6 Å². The van der Waals surface area contributed by atoms with Gasteiger partial charge in [-0.25, -0.2) is 0 Å². The van der Waals surface area contributed by atoms with Gasteiger partial charge in [-0.3, -0.25) is 9.59 Å². The molecule has 1 heterocycles. The SMILES string of the molecule is C[C@H](C(=O)NCCC(=O)NC1CCCC1)c1cc2ccccc2o1. The maximum absolute atomic E-state index is 12.2. The fourth-order valence-electron chi connectivity index (χ4n) is 3.17. The number of rotatable bonds is 6. The van der Waals surface area contributed by atoms with Gasteiger partial charge in [0.05, 0.1) is 5.92 Å². The second-order valence-electron chi connectivity index (χ2n) is 6.50. The highest BCUT2D eigenvalue weighted by Crippen LogP contribution is 2.25. The number of hydrogen-bond donors (Lipinski definition) is 2. The van der Waals surface area contributed by atoms with Gasteiger partial charge in [-0.15, -0.1) is 0 Å². The topological polar surface area (TPSA) is 71.3 Å². The number of fused-ring (bicyclic) bond motifs is 1. The third kappa shape index (κ3) is 3.96. The molecule has 0 radical (unpaired) electrons. The van der Waals surface area contributed by atoms with Crippen LogP contribution in [0.2, 0.25) is 0 Å². The first kappa shape index (κ1) is 16.6. The Morgan fingerprint density at radius 2 is 2.00 bits per heavy atom. The zero-order valence-corrected chi connectivity index (χ0v) is 14.0.